The number of hydrogen-bond acceptors (Lipinski definition) is 7. The van der Waals surface area contributed by atoms with E-state index in [-0.39, 0.29) is 0 Å². The van der Waals surface area contributed by atoms with Crippen LogP contribution in [-0.2, 0) is 14.3 Å². The van der Waals surface area contributed by atoms with E-state index in [1.165, 1.54) is 23.5 Å². The minimum Gasteiger partial charge on any atom is -0.457 e. The fourth-order valence-electron chi connectivity index (χ4n) is 2.44. The zero-order chi connectivity index (χ0) is 20.8. The first-order valence-corrected chi connectivity index (χ1v) is 9.40. The first-order chi connectivity index (χ1) is 14.0. The quantitative estimate of drug-likeness (QED) is 0.426. The van der Waals surface area contributed by atoms with Gasteiger partial charge in [0.05, 0.1) is 11.6 Å². The molecule has 6 nitrogen and oxygen atoms in total. The molecule has 3 rings (SSSR count). The zero-order valence-corrected chi connectivity index (χ0v) is 16.1. The molecule has 1 atom stereocenters. The summed E-state index contributed by atoms with van der Waals surface area (Å²) in [5.41, 5.74) is 1.02. The minimum absolute atomic E-state index is 0.306. The SMILES string of the molecule is Cc1csc(C(C#N)C(=O)COC(=O)C=Cc2ccc(-c3ccccc3F)o2)n1. The van der Waals surface area contributed by atoms with Crippen molar-refractivity contribution in [2.45, 2.75) is 12.8 Å². The maximum atomic E-state index is 13.8. The van der Waals surface area contributed by atoms with Gasteiger partial charge in [0.1, 0.15) is 22.3 Å². The summed E-state index contributed by atoms with van der Waals surface area (Å²) in [6, 6.07) is 11.2. The third-order valence-electron chi connectivity index (χ3n) is 3.84. The van der Waals surface area contributed by atoms with Crippen molar-refractivity contribution in [3.8, 4) is 17.4 Å². The van der Waals surface area contributed by atoms with Crippen molar-refractivity contribution >= 4 is 29.2 Å². The third kappa shape index (κ3) is 5.03. The van der Waals surface area contributed by atoms with Gasteiger partial charge in [-0.2, -0.15) is 5.26 Å². The van der Waals surface area contributed by atoms with Crippen LogP contribution in [0.5, 0.6) is 0 Å². The highest BCUT2D eigenvalue weighted by Crippen LogP contribution is 2.25. The van der Waals surface area contributed by atoms with Crippen molar-refractivity contribution in [2.75, 3.05) is 6.61 Å². The number of esters is 1. The van der Waals surface area contributed by atoms with Crippen molar-refractivity contribution < 1.29 is 23.1 Å². The number of aryl methyl sites for hydroxylation is 1. The second-order valence-electron chi connectivity index (χ2n) is 5.98. The molecule has 0 aliphatic carbocycles. The number of ketones is 1. The molecule has 3 aromatic rings. The molecule has 0 saturated carbocycles. The predicted molar refractivity (Wildman–Crippen MR) is 104 cm³/mol. The van der Waals surface area contributed by atoms with Gasteiger partial charge in [-0.05, 0) is 37.3 Å². The Bertz CT molecular complexity index is 1110. The van der Waals surface area contributed by atoms with Crippen molar-refractivity contribution in [3.63, 3.8) is 0 Å². The molecular weight excluding hydrogens is 395 g/mol. The average Bonchev–Trinajstić information content (AvgIpc) is 3.35. The van der Waals surface area contributed by atoms with E-state index in [0.717, 1.165) is 6.08 Å². The van der Waals surface area contributed by atoms with E-state index in [2.05, 4.69) is 4.98 Å². The Labute approximate surface area is 169 Å². The molecule has 0 bridgehead atoms. The van der Waals surface area contributed by atoms with Gasteiger partial charge in [-0.15, -0.1) is 11.3 Å². The fourth-order valence-corrected chi connectivity index (χ4v) is 3.30. The summed E-state index contributed by atoms with van der Waals surface area (Å²) < 4.78 is 24.2. The summed E-state index contributed by atoms with van der Waals surface area (Å²) in [6.45, 7) is 1.22. The molecule has 2 aromatic heterocycles. The molecule has 0 radical (unpaired) electrons. The predicted octanol–water partition coefficient (Wildman–Crippen LogP) is 4.28. The number of carbonyl (C=O) groups is 2. The highest BCUT2D eigenvalue weighted by atomic mass is 32.1. The van der Waals surface area contributed by atoms with Gasteiger partial charge in [0.25, 0.3) is 0 Å². The van der Waals surface area contributed by atoms with Crippen LogP contribution in [-0.4, -0.2) is 23.3 Å². The Morgan fingerprint density at radius 2 is 2.14 bits per heavy atom. The number of rotatable bonds is 7. The Hall–Kier alpha value is -3.57. The number of halogens is 1. The van der Waals surface area contributed by atoms with Gasteiger partial charge in [0.15, 0.2) is 18.3 Å². The van der Waals surface area contributed by atoms with Crippen LogP contribution >= 0.6 is 11.3 Å². The van der Waals surface area contributed by atoms with Crippen LogP contribution in [0.1, 0.15) is 22.4 Å². The number of Topliss-reactive ketones (excluding diaryl/α,β-unsaturated/α-hetero) is 1. The number of aromatic nitrogens is 1. The summed E-state index contributed by atoms with van der Waals surface area (Å²) in [5, 5.41) is 11.3. The zero-order valence-electron chi connectivity index (χ0n) is 15.3. The van der Waals surface area contributed by atoms with Gasteiger partial charge >= 0.3 is 5.97 Å². The lowest BCUT2D eigenvalue weighted by molar-refractivity contribution is -0.143. The molecule has 1 unspecified atom stereocenters. The fraction of sp³-hybridized carbons (Fsp3) is 0.143. The smallest absolute Gasteiger partial charge is 0.331 e. The van der Waals surface area contributed by atoms with Crippen LogP contribution in [0.3, 0.4) is 0 Å². The Morgan fingerprint density at radius 3 is 2.83 bits per heavy atom. The number of furan rings is 1. The third-order valence-corrected chi connectivity index (χ3v) is 4.87. The molecule has 0 amide bonds. The molecule has 1 aromatic carbocycles. The summed E-state index contributed by atoms with van der Waals surface area (Å²) in [7, 11) is 0. The summed E-state index contributed by atoms with van der Waals surface area (Å²) in [6.07, 6.45) is 2.44. The maximum Gasteiger partial charge on any atom is 0.331 e. The lowest BCUT2D eigenvalue weighted by atomic mass is 10.1. The molecule has 0 aliphatic rings. The first-order valence-electron chi connectivity index (χ1n) is 8.52. The van der Waals surface area contributed by atoms with E-state index in [9.17, 15) is 19.2 Å². The van der Waals surface area contributed by atoms with Crippen LogP contribution in [0.2, 0.25) is 0 Å². The molecule has 0 aliphatic heterocycles. The van der Waals surface area contributed by atoms with E-state index in [1.807, 2.05) is 6.07 Å². The van der Waals surface area contributed by atoms with E-state index < -0.39 is 30.1 Å². The van der Waals surface area contributed by atoms with Gasteiger partial charge in [-0.25, -0.2) is 14.2 Å². The minimum atomic E-state index is -1.07. The Morgan fingerprint density at radius 1 is 1.34 bits per heavy atom. The maximum absolute atomic E-state index is 13.8. The Balaban J connectivity index is 1.57. The molecule has 146 valence electrons. The monoisotopic (exact) mass is 410 g/mol. The van der Waals surface area contributed by atoms with Crippen LogP contribution in [0, 0.1) is 24.1 Å². The van der Waals surface area contributed by atoms with Gasteiger partial charge in [0, 0.05) is 17.2 Å². The second-order valence-corrected chi connectivity index (χ2v) is 6.87. The highest BCUT2D eigenvalue weighted by molar-refractivity contribution is 7.09. The Kier molecular flexibility index (Phi) is 6.32. The number of hydrogen-bond donors (Lipinski definition) is 0. The standard InChI is InChI=1S/C21H15FN2O4S/c1-13-12-29-21(24-13)16(10-23)18(25)11-27-20(26)9-7-14-6-8-19(28-14)15-4-2-3-5-17(15)22/h2-9,12,16H,11H2,1H3. The van der Waals surface area contributed by atoms with Gasteiger partial charge in [-0.1, -0.05) is 12.1 Å². The largest absolute Gasteiger partial charge is 0.457 e. The number of nitriles is 1. The topological polar surface area (TPSA) is 93.2 Å². The summed E-state index contributed by atoms with van der Waals surface area (Å²) in [4.78, 5) is 28.1. The second kappa shape index (κ2) is 9.08. The van der Waals surface area contributed by atoms with Crippen LogP contribution in [0.25, 0.3) is 17.4 Å². The molecule has 0 N–H and O–H groups in total. The number of thiazole rings is 1. The van der Waals surface area contributed by atoms with Crippen LogP contribution < -0.4 is 0 Å². The van der Waals surface area contributed by atoms with Gasteiger partial charge < -0.3 is 9.15 Å². The molecular formula is C21H15FN2O4S. The van der Waals surface area contributed by atoms with Crippen molar-refractivity contribution in [2.24, 2.45) is 0 Å². The van der Waals surface area contributed by atoms with Gasteiger partial charge in [0.2, 0.25) is 0 Å². The number of ether oxygens (including phenoxy) is 1. The van der Waals surface area contributed by atoms with Crippen molar-refractivity contribution in [1.82, 2.24) is 4.98 Å². The first kappa shape index (κ1) is 20.2. The van der Waals surface area contributed by atoms with Crippen LogP contribution in [0.4, 0.5) is 4.39 Å². The molecule has 2 heterocycles. The van der Waals surface area contributed by atoms with E-state index in [4.69, 9.17) is 9.15 Å². The molecule has 29 heavy (non-hydrogen) atoms. The number of nitrogens with zero attached hydrogens (tertiary/aromatic N) is 2. The van der Waals surface area contributed by atoms with E-state index >= 15 is 0 Å². The van der Waals surface area contributed by atoms with Crippen LogP contribution in [0.15, 0.2) is 52.3 Å². The van der Waals surface area contributed by atoms with Crippen molar-refractivity contribution in [3.05, 3.63) is 70.1 Å². The lowest BCUT2D eigenvalue weighted by Crippen LogP contribution is -2.19. The molecule has 0 spiro atoms. The molecule has 0 fully saturated rings. The van der Waals surface area contributed by atoms with Crippen molar-refractivity contribution in [1.29, 1.82) is 5.26 Å². The number of carbonyl (C=O) groups excluding carboxylic acids is 2. The van der Waals surface area contributed by atoms with E-state index in [1.54, 1.807) is 42.6 Å². The lowest BCUT2D eigenvalue weighted by Gasteiger charge is -2.05. The highest BCUT2D eigenvalue weighted by Gasteiger charge is 2.24. The summed E-state index contributed by atoms with van der Waals surface area (Å²) in [5.74, 6) is -2.17. The number of benzene rings is 1. The normalized spacial score (nSPS) is 11.9. The summed E-state index contributed by atoms with van der Waals surface area (Å²) >= 11 is 1.21. The van der Waals surface area contributed by atoms with Gasteiger partial charge in [-0.3, -0.25) is 4.79 Å². The van der Waals surface area contributed by atoms with E-state index in [0.29, 0.717) is 27.8 Å². The molecule has 0 saturated heterocycles. The average molecular weight is 410 g/mol. The molecule has 8 heteroatoms.